The molecule has 2 fully saturated rings. The summed E-state index contributed by atoms with van der Waals surface area (Å²) < 4.78 is 34.9. The summed E-state index contributed by atoms with van der Waals surface area (Å²) in [5.74, 6) is -3.77. The van der Waals surface area contributed by atoms with Crippen molar-refractivity contribution < 1.29 is 23.1 Å². The van der Waals surface area contributed by atoms with Crippen LogP contribution in [-0.2, 0) is 11.3 Å². The number of hydrogen-bond donors (Lipinski definition) is 0. The Hall–Kier alpha value is -2.95. The van der Waals surface area contributed by atoms with Crippen LogP contribution in [0.1, 0.15) is 32.8 Å². The molecule has 11 heteroatoms. The van der Waals surface area contributed by atoms with Gasteiger partial charge in [0.2, 0.25) is 0 Å². The highest BCUT2D eigenvalue weighted by molar-refractivity contribution is 5.94. The van der Waals surface area contributed by atoms with Crippen molar-refractivity contribution in [2.75, 3.05) is 32.8 Å². The highest BCUT2D eigenvalue weighted by Crippen LogP contribution is 2.33. The molecule has 0 aliphatic carbocycles. The fourth-order valence-electron chi connectivity index (χ4n) is 3.77. The summed E-state index contributed by atoms with van der Waals surface area (Å²) in [6.07, 6.45) is 3.92. The number of carbonyl (C=O) groups is 2. The summed E-state index contributed by atoms with van der Waals surface area (Å²) in [5, 5.41) is 7.81. The smallest absolute Gasteiger partial charge is 0.276 e. The number of halogens is 2. The van der Waals surface area contributed by atoms with Gasteiger partial charge < -0.3 is 14.5 Å². The average Bonchev–Trinajstić information content (AvgIpc) is 3.31. The Kier molecular flexibility index (Phi) is 5.46. The van der Waals surface area contributed by atoms with Crippen molar-refractivity contribution in [3.8, 4) is 0 Å². The summed E-state index contributed by atoms with van der Waals surface area (Å²) in [6.45, 7) is 2.98. The van der Waals surface area contributed by atoms with Gasteiger partial charge in [0, 0.05) is 31.9 Å². The van der Waals surface area contributed by atoms with E-state index >= 15 is 0 Å². The molecule has 4 heterocycles. The summed E-state index contributed by atoms with van der Waals surface area (Å²) in [6, 6.07) is 0.846. The van der Waals surface area contributed by atoms with Gasteiger partial charge in [-0.25, -0.2) is 13.5 Å². The van der Waals surface area contributed by atoms with E-state index < -0.39 is 30.8 Å². The van der Waals surface area contributed by atoms with Gasteiger partial charge in [-0.3, -0.25) is 14.6 Å². The minimum atomic E-state index is -3.00. The predicted molar refractivity (Wildman–Crippen MR) is 100 cm³/mol. The molecule has 160 valence electrons. The maximum Gasteiger partial charge on any atom is 0.276 e. The maximum atomic E-state index is 14.2. The first-order chi connectivity index (χ1) is 14.3. The SMILES string of the molecule is Cc1cncc(C(=O)N2CC(F)(F)CC2Cn2cc(C(=O)N3CCOCC3)nn2)c1. The molecule has 2 aliphatic rings. The van der Waals surface area contributed by atoms with E-state index in [9.17, 15) is 18.4 Å². The first-order valence-electron chi connectivity index (χ1n) is 9.70. The lowest BCUT2D eigenvalue weighted by Crippen LogP contribution is -2.40. The topological polar surface area (TPSA) is 93.5 Å². The van der Waals surface area contributed by atoms with Gasteiger partial charge in [-0.15, -0.1) is 5.10 Å². The second-order valence-electron chi connectivity index (χ2n) is 7.63. The Morgan fingerprint density at radius 1 is 1.23 bits per heavy atom. The van der Waals surface area contributed by atoms with E-state index in [-0.39, 0.29) is 23.7 Å². The third kappa shape index (κ3) is 4.30. The number of aromatic nitrogens is 4. The number of amides is 2. The van der Waals surface area contributed by atoms with Crippen LogP contribution in [-0.4, -0.2) is 86.4 Å². The standard InChI is InChI=1S/C19H22F2N6O3/c1-13-6-14(9-22-8-13)17(28)27-12-19(20,21)7-15(27)10-26-11-16(23-24-26)18(29)25-2-4-30-5-3-25/h6,8-9,11,15H,2-5,7,10,12H2,1H3. The molecule has 0 spiro atoms. The normalized spacial score (nSPS) is 21.1. The van der Waals surface area contributed by atoms with Crippen LogP contribution in [0, 0.1) is 6.92 Å². The van der Waals surface area contributed by atoms with Gasteiger partial charge in [-0.2, -0.15) is 0 Å². The van der Waals surface area contributed by atoms with Crippen molar-refractivity contribution in [1.29, 1.82) is 0 Å². The van der Waals surface area contributed by atoms with Gasteiger partial charge in [0.25, 0.3) is 17.7 Å². The van der Waals surface area contributed by atoms with Crippen LogP contribution >= 0.6 is 0 Å². The molecule has 2 aromatic heterocycles. The first-order valence-corrected chi connectivity index (χ1v) is 9.70. The zero-order valence-corrected chi connectivity index (χ0v) is 16.5. The summed E-state index contributed by atoms with van der Waals surface area (Å²) in [4.78, 5) is 32.1. The van der Waals surface area contributed by atoms with Crippen LogP contribution in [0.4, 0.5) is 8.78 Å². The summed E-state index contributed by atoms with van der Waals surface area (Å²) in [7, 11) is 0. The van der Waals surface area contributed by atoms with E-state index in [1.54, 1.807) is 24.1 Å². The van der Waals surface area contributed by atoms with Crippen molar-refractivity contribution in [3.05, 3.63) is 41.5 Å². The minimum absolute atomic E-state index is 0.0178. The van der Waals surface area contributed by atoms with Gasteiger partial charge in [-0.1, -0.05) is 5.21 Å². The van der Waals surface area contributed by atoms with Gasteiger partial charge >= 0.3 is 0 Å². The Morgan fingerprint density at radius 3 is 2.73 bits per heavy atom. The third-order valence-corrected chi connectivity index (χ3v) is 5.21. The van der Waals surface area contributed by atoms with Gasteiger partial charge in [-0.05, 0) is 18.6 Å². The molecule has 0 radical (unpaired) electrons. The van der Waals surface area contributed by atoms with Crippen molar-refractivity contribution >= 4 is 11.8 Å². The van der Waals surface area contributed by atoms with E-state index in [1.807, 2.05) is 0 Å². The summed E-state index contributed by atoms with van der Waals surface area (Å²) in [5.41, 5.74) is 1.17. The lowest BCUT2D eigenvalue weighted by molar-refractivity contribution is 0.0117. The largest absolute Gasteiger partial charge is 0.378 e. The number of pyridine rings is 1. The van der Waals surface area contributed by atoms with Crippen LogP contribution < -0.4 is 0 Å². The van der Waals surface area contributed by atoms with E-state index in [1.165, 1.54) is 17.1 Å². The molecule has 2 amide bonds. The van der Waals surface area contributed by atoms with Crippen LogP contribution in [0.3, 0.4) is 0 Å². The molecule has 2 saturated heterocycles. The number of nitrogens with zero attached hydrogens (tertiary/aromatic N) is 6. The van der Waals surface area contributed by atoms with Crippen molar-refractivity contribution in [2.45, 2.75) is 31.9 Å². The molecule has 0 bridgehead atoms. The van der Waals surface area contributed by atoms with Crippen LogP contribution in [0.25, 0.3) is 0 Å². The second-order valence-corrected chi connectivity index (χ2v) is 7.63. The number of ether oxygens (including phenoxy) is 1. The quantitative estimate of drug-likeness (QED) is 0.733. The fraction of sp³-hybridized carbons (Fsp3) is 0.526. The number of alkyl halides is 2. The lowest BCUT2D eigenvalue weighted by Gasteiger charge is -2.25. The number of hydrogen-bond acceptors (Lipinski definition) is 6. The molecule has 2 aromatic rings. The Labute approximate surface area is 171 Å². The maximum absolute atomic E-state index is 14.2. The molecule has 0 aromatic carbocycles. The number of likely N-dealkylation sites (tertiary alicyclic amines) is 1. The van der Waals surface area contributed by atoms with Gasteiger partial charge in [0.1, 0.15) is 0 Å². The number of morpholine rings is 1. The molecule has 9 nitrogen and oxygen atoms in total. The van der Waals surface area contributed by atoms with Gasteiger partial charge in [0.15, 0.2) is 5.69 Å². The third-order valence-electron chi connectivity index (χ3n) is 5.21. The zero-order chi connectivity index (χ0) is 21.3. The molecule has 1 atom stereocenters. The molecular weight excluding hydrogens is 398 g/mol. The first kappa shape index (κ1) is 20.3. The Morgan fingerprint density at radius 2 is 2.00 bits per heavy atom. The molecule has 2 aliphatic heterocycles. The van der Waals surface area contributed by atoms with E-state index in [0.717, 1.165) is 10.5 Å². The number of carbonyl (C=O) groups excluding carboxylic acids is 2. The molecule has 0 saturated carbocycles. The molecular formula is C19H22F2N6O3. The highest BCUT2D eigenvalue weighted by atomic mass is 19.3. The highest BCUT2D eigenvalue weighted by Gasteiger charge is 2.47. The molecule has 1 unspecified atom stereocenters. The molecule has 30 heavy (non-hydrogen) atoms. The van der Waals surface area contributed by atoms with Gasteiger partial charge in [0.05, 0.1) is 44.1 Å². The number of rotatable bonds is 4. The van der Waals surface area contributed by atoms with Crippen LogP contribution in [0.15, 0.2) is 24.7 Å². The lowest BCUT2D eigenvalue weighted by atomic mass is 10.1. The van der Waals surface area contributed by atoms with Crippen molar-refractivity contribution in [3.63, 3.8) is 0 Å². The van der Waals surface area contributed by atoms with Crippen molar-refractivity contribution in [1.82, 2.24) is 29.8 Å². The average molecular weight is 420 g/mol. The van der Waals surface area contributed by atoms with E-state index in [2.05, 4.69) is 15.3 Å². The van der Waals surface area contributed by atoms with Crippen LogP contribution in [0.5, 0.6) is 0 Å². The van der Waals surface area contributed by atoms with Crippen molar-refractivity contribution in [2.24, 2.45) is 0 Å². The zero-order valence-electron chi connectivity index (χ0n) is 16.5. The fourth-order valence-corrected chi connectivity index (χ4v) is 3.77. The predicted octanol–water partition coefficient (Wildman–Crippen LogP) is 1.00. The number of aryl methyl sites for hydroxylation is 1. The Bertz CT molecular complexity index is 944. The van der Waals surface area contributed by atoms with E-state index in [0.29, 0.717) is 26.3 Å². The minimum Gasteiger partial charge on any atom is -0.378 e. The van der Waals surface area contributed by atoms with Crippen LogP contribution in [0.2, 0.25) is 0 Å². The summed E-state index contributed by atoms with van der Waals surface area (Å²) >= 11 is 0. The molecule has 0 N–H and O–H groups in total. The molecule has 4 rings (SSSR count). The monoisotopic (exact) mass is 420 g/mol. The Balaban J connectivity index is 1.49. The second kappa shape index (κ2) is 8.05. The van der Waals surface area contributed by atoms with E-state index in [4.69, 9.17) is 4.74 Å².